The number of hydrogen-bond acceptors (Lipinski definition) is 4. The highest BCUT2D eigenvalue weighted by Gasteiger charge is 2.34. The molecule has 1 aromatic heterocycles. The highest BCUT2D eigenvalue weighted by molar-refractivity contribution is 5.77. The lowest BCUT2D eigenvalue weighted by molar-refractivity contribution is -0.132. The van der Waals surface area contributed by atoms with Gasteiger partial charge in [0, 0.05) is 36.9 Å². The number of aryl methyl sites for hydroxylation is 1. The largest absolute Gasteiger partial charge is 0.339 e. The average Bonchev–Trinajstić information content (AvgIpc) is 3.44. The quantitative estimate of drug-likeness (QED) is 0.579. The Labute approximate surface area is 171 Å². The summed E-state index contributed by atoms with van der Waals surface area (Å²) in [5.41, 5.74) is 2.24. The number of carbonyl (C=O) groups is 1. The molecule has 2 heterocycles. The summed E-state index contributed by atoms with van der Waals surface area (Å²) in [6, 6.07) is 20.6. The first-order valence-electron chi connectivity index (χ1n) is 10.5. The van der Waals surface area contributed by atoms with Gasteiger partial charge in [0.15, 0.2) is 0 Å². The van der Waals surface area contributed by atoms with Gasteiger partial charge < -0.3 is 9.42 Å². The first kappa shape index (κ1) is 19.4. The van der Waals surface area contributed by atoms with Crippen LogP contribution in [0.4, 0.5) is 0 Å². The van der Waals surface area contributed by atoms with Crippen LogP contribution in [0.25, 0.3) is 11.4 Å². The highest BCUT2D eigenvalue weighted by Crippen LogP contribution is 2.34. The maximum absolute atomic E-state index is 13.0. The van der Waals surface area contributed by atoms with E-state index in [9.17, 15) is 4.79 Å². The second kappa shape index (κ2) is 9.03. The number of hydrogen-bond donors (Lipinski definition) is 0. The van der Waals surface area contributed by atoms with Crippen LogP contribution in [0, 0.1) is 0 Å². The molecule has 3 aromatic rings. The second-order valence-corrected chi connectivity index (χ2v) is 7.60. The Morgan fingerprint density at radius 1 is 1.14 bits per heavy atom. The smallest absolute Gasteiger partial charge is 0.227 e. The van der Waals surface area contributed by atoms with E-state index in [1.54, 1.807) is 0 Å². The van der Waals surface area contributed by atoms with Gasteiger partial charge >= 0.3 is 0 Å². The first-order chi connectivity index (χ1) is 14.3. The van der Waals surface area contributed by atoms with Crippen LogP contribution >= 0.6 is 0 Å². The van der Waals surface area contributed by atoms with Gasteiger partial charge in [0.25, 0.3) is 0 Å². The van der Waals surface area contributed by atoms with Gasteiger partial charge in [-0.25, -0.2) is 0 Å². The number of rotatable bonds is 7. The van der Waals surface area contributed by atoms with Gasteiger partial charge in [0.2, 0.25) is 17.6 Å². The molecule has 0 saturated carbocycles. The van der Waals surface area contributed by atoms with E-state index in [0.29, 0.717) is 30.5 Å². The molecule has 0 unspecified atom stereocenters. The number of nitrogens with zero attached hydrogens (tertiary/aromatic N) is 3. The number of benzene rings is 2. The van der Waals surface area contributed by atoms with Crippen LogP contribution in [0.2, 0.25) is 0 Å². The van der Waals surface area contributed by atoms with Gasteiger partial charge in [-0.05, 0) is 24.8 Å². The summed E-state index contributed by atoms with van der Waals surface area (Å²) in [5.74, 6) is 1.65. The summed E-state index contributed by atoms with van der Waals surface area (Å²) in [5, 5.41) is 4.05. The Kier molecular flexibility index (Phi) is 6.03. The molecule has 1 aliphatic rings. The van der Waals surface area contributed by atoms with Gasteiger partial charge in [0.1, 0.15) is 0 Å². The predicted octanol–water partition coefficient (Wildman–Crippen LogP) is 4.85. The molecule has 5 heteroatoms. The van der Waals surface area contributed by atoms with Crippen LogP contribution < -0.4 is 0 Å². The fourth-order valence-electron chi connectivity index (χ4n) is 4.37. The fraction of sp³-hybridized carbons (Fsp3) is 0.375. The van der Waals surface area contributed by atoms with Crippen LogP contribution in [-0.2, 0) is 11.2 Å². The standard InChI is InChI=1S/C24H27N3O2/c1-2-20(18-10-5-3-6-11-18)21-14-9-17-27(21)23(28)16-15-22-25-24(26-29-22)19-12-7-4-8-13-19/h3-8,10-13,20-21H,2,9,14-17H2,1H3/t20-,21-/m1/s1. The van der Waals surface area contributed by atoms with E-state index in [0.717, 1.165) is 31.4 Å². The molecule has 0 radical (unpaired) electrons. The fourth-order valence-corrected chi connectivity index (χ4v) is 4.37. The zero-order valence-electron chi connectivity index (χ0n) is 16.8. The SMILES string of the molecule is CC[C@H](c1ccccc1)[C@H]1CCCN1C(=O)CCc1nc(-c2ccccc2)no1. The van der Waals surface area contributed by atoms with E-state index >= 15 is 0 Å². The molecular weight excluding hydrogens is 362 g/mol. The Hall–Kier alpha value is -2.95. The number of aromatic nitrogens is 2. The Morgan fingerprint density at radius 2 is 1.86 bits per heavy atom. The van der Waals surface area contributed by atoms with Gasteiger partial charge in [-0.2, -0.15) is 4.98 Å². The summed E-state index contributed by atoms with van der Waals surface area (Å²) in [4.78, 5) is 19.5. The lowest BCUT2D eigenvalue weighted by Crippen LogP contribution is -2.39. The summed E-state index contributed by atoms with van der Waals surface area (Å²) < 4.78 is 5.37. The zero-order valence-corrected chi connectivity index (χ0v) is 16.8. The normalized spacial score (nSPS) is 17.4. The zero-order chi connectivity index (χ0) is 20.1. The first-order valence-corrected chi connectivity index (χ1v) is 10.5. The van der Waals surface area contributed by atoms with E-state index in [4.69, 9.17) is 4.52 Å². The van der Waals surface area contributed by atoms with E-state index in [-0.39, 0.29) is 11.9 Å². The lowest BCUT2D eigenvalue weighted by Gasteiger charge is -2.31. The van der Waals surface area contributed by atoms with Crippen LogP contribution in [-0.4, -0.2) is 33.5 Å². The average molecular weight is 389 g/mol. The molecule has 2 atom stereocenters. The minimum absolute atomic E-state index is 0.182. The van der Waals surface area contributed by atoms with Crippen molar-refractivity contribution in [3.05, 3.63) is 72.1 Å². The van der Waals surface area contributed by atoms with Crippen LogP contribution in [0.15, 0.2) is 65.2 Å². The number of carbonyl (C=O) groups excluding carboxylic acids is 1. The molecule has 4 rings (SSSR count). The predicted molar refractivity (Wildman–Crippen MR) is 112 cm³/mol. The molecule has 29 heavy (non-hydrogen) atoms. The minimum atomic E-state index is 0.182. The Bertz CT molecular complexity index is 924. The highest BCUT2D eigenvalue weighted by atomic mass is 16.5. The van der Waals surface area contributed by atoms with Crippen molar-refractivity contribution >= 4 is 5.91 Å². The van der Waals surface area contributed by atoms with E-state index in [1.165, 1.54) is 5.56 Å². The number of likely N-dealkylation sites (tertiary alicyclic amines) is 1. The van der Waals surface area contributed by atoms with Crippen molar-refractivity contribution in [2.45, 2.75) is 51.0 Å². The van der Waals surface area contributed by atoms with Crippen molar-refractivity contribution in [3.8, 4) is 11.4 Å². The van der Waals surface area contributed by atoms with Crippen molar-refractivity contribution in [2.75, 3.05) is 6.54 Å². The molecule has 1 amide bonds. The molecule has 0 spiro atoms. The van der Waals surface area contributed by atoms with E-state index in [1.807, 2.05) is 36.4 Å². The van der Waals surface area contributed by atoms with Crippen molar-refractivity contribution in [2.24, 2.45) is 0 Å². The maximum atomic E-state index is 13.0. The molecule has 1 fully saturated rings. The van der Waals surface area contributed by atoms with E-state index < -0.39 is 0 Å². The molecule has 0 bridgehead atoms. The van der Waals surface area contributed by atoms with Gasteiger partial charge in [-0.3, -0.25) is 4.79 Å². The van der Waals surface area contributed by atoms with Crippen molar-refractivity contribution in [3.63, 3.8) is 0 Å². The van der Waals surface area contributed by atoms with E-state index in [2.05, 4.69) is 46.2 Å². The Balaban J connectivity index is 1.40. The molecule has 1 aliphatic heterocycles. The molecule has 2 aromatic carbocycles. The molecule has 0 aliphatic carbocycles. The van der Waals surface area contributed by atoms with Gasteiger partial charge in [-0.15, -0.1) is 0 Å². The van der Waals surface area contributed by atoms with Crippen molar-refractivity contribution in [1.29, 1.82) is 0 Å². The minimum Gasteiger partial charge on any atom is -0.339 e. The summed E-state index contributed by atoms with van der Waals surface area (Å²) in [6.07, 6.45) is 4.04. The maximum Gasteiger partial charge on any atom is 0.227 e. The molecule has 150 valence electrons. The number of amides is 1. The molecule has 1 saturated heterocycles. The molecule has 0 N–H and O–H groups in total. The summed E-state index contributed by atoms with van der Waals surface area (Å²) >= 11 is 0. The summed E-state index contributed by atoms with van der Waals surface area (Å²) in [6.45, 7) is 3.05. The molecule has 5 nitrogen and oxygen atoms in total. The Morgan fingerprint density at radius 3 is 2.59 bits per heavy atom. The summed E-state index contributed by atoms with van der Waals surface area (Å²) in [7, 11) is 0. The lowest BCUT2D eigenvalue weighted by atomic mass is 9.87. The van der Waals surface area contributed by atoms with Crippen molar-refractivity contribution in [1.82, 2.24) is 15.0 Å². The monoisotopic (exact) mass is 389 g/mol. The second-order valence-electron chi connectivity index (χ2n) is 7.60. The topological polar surface area (TPSA) is 59.2 Å². The third-order valence-corrected chi connectivity index (χ3v) is 5.80. The third kappa shape index (κ3) is 4.39. The van der Waals surface area contributed by atoms with Gasteiger partial charge in [0.05, 0.1) is 0 Å². The van der Waals surface area contributed by atoms with Crippen LogP contribution in [0.5, 0.6) is 0 Å². The van der Waals surface area contributed by atoms with Crippen molar-refractivity contribution < 1.29 is 9.32 Å². The van der Waals surface area contributed by atoms with Gasteiger partial charge in [-0.1, -0.05) is 72.7 Å². The van der Waals surface area contributed by atoms with Crippen LogP contribution in [0.3, 0.4) is 0 Å². The van der Waals surface area contributed by atoms with Crippen LogP contribution in [0.1, 0.15) is 50.0 Å². The third-order valence-electron chi connectivity index (χ3n) is 5.80. The molecular formula is C24H27N3O2.